The molecule has 1 nitrogen and oxygen atoms in total. The first-order chi connectivity index (χ1) is 2.27. The quantitative estimate of drug-likeness (QED) is 0.268. The Morgan fingerprint density at radius 2 is 1.80 bits per heavy atom. The fourth-order valence-electron chi connectivity index (χ4n) is 0. The topological polar surface area (TPSA) is 23.9 Å². The molecule has 0 bridgehead atoms. The molecule has 0 radical (unpaired) electrons. The second-order valence-electron chi connectivity index (χ2n) is 1.41. The Hall–Kier alpha value is -0.135. The lowest BCUT2D eigenvalue weighted by Crippen LogP contribution is -2.13. The third-order valence-electron chi connectivity index (χ3n) is 0.333. The van der Waals surface area contributed by atoms with Crippen LogP contribution >= 0.6 is 0 Å². The van der Waals surface area contributed by atoms with Gasteiger partial charge in [0.25, 0.3) is 0 Å². The normalized spacial score (nSPS) is 6.40. The van der Waals surface area contributed by atoms with Gasteiger partial charge < -0.3 is 5.41 Å². The Balaban J connectivity index is 2.83. The van der Waals surface area contributed by atoms with E-state index in [1.807, 2.05) is 15.5 Å². The Kier molecular flexibility index (Phi) is 2.07. The molecule has 1 N–H and O–H groups in total. The fraction of sp³-hybridized carbons (Fsp3) is 0. The van der Waals surface area contributed by atoms with Crippen molar-refractivity contribution >= 4 is 28.1 Å². The standard InChI is InChI=1S/CH6B3N/c2-4(3)1-5/h1,5H,2-3H2. The van der Waals surface area contributed by atoms with Gasteiger partial charge in [0.05, 0.1) is 15.5 Å². The zero-order valence-electron chi connectivity index (χ0n) is 3.65. The van der Waals surface area contributed by atoms with Crippen LogP contribution in [-0.2, 0) is 0 Å². The number of rotatable bonds is 1. The maximum Gasteiger partial charge on any atom is 0.113 e. The summed E-state index contributed by atoms with van der Waals surface area (Å²) >= 11 is 0. The summed E-state index contributed by atoms with van der Waals surface area (Å²) in [4.78, 5) is 0. The fourth-order valence-corrected chi connectivity index (χ4v) is 0. The smallest absolute Gasteiger partial charge is 0.113 e. The van der Waals surface area contributed by atoms with Crippen LogP contribution in [0, 0.1) is 5.41 Å². The van der Waals surface area contributed by atoms with Gasteiger partial charge in [-0.05, 0) is 0 Å². The highest BCUT2D eigenvalue weighted by molar-refractivity contribution is 7.40. The van der Waals surface area contributed by atoms with Crippen LogP contribution < -0.4 is 0 Å². The van der Waals surface area contributed by atoms with Gasteiger partial charge in [-0.3, -0.25) is 0 Å². The van der Waals surface area contributed by atoms with Crippen LogP contribution in [0.15, 0.2) is 0 Å². The summed E-state index contributed by atoms with van der Waals surface area (Å²) in [7, 11) is 3.96. The van der Waals surface area contributed by atoms with Crippen LogP contribution in [0.25, 0.3) is 0 Å². The molecule has 5 heavy (non-hydrogen) atoms. The zero-order chi connectivity index (χ0) is 4.28. The van der Waals surface area contributed by atoms with E-state index in [4.69, 9.17) is 5.41 Å². The van der Waals surface area contributed by atoms with E-state index >= 15 is 0 Å². The first kappa shape index (κ1) is 4.86. The average molecular weight is 64.5 g/mol. The molecule has 0 saturated heterocycles. The molecule has 0 aliphatic heterocycles. The van der Waals surface area contributed by atoms with Gasteiger partial charge in [-0.1, -0.05) is 6.11 Å². The van der Waals surface area contributed by atoms with Gasteiger partial charge in [0.2, 0.25) is 0 Å². The highest BCUT2D eigenvalue weighted by Crippen LogP contribution is 1.45. The molecule has 0 unspecified atom stereocenters. The van der Waals surface area contributed by atoms with Crippen LogP contribution in [0.1, 0.15) is 0 Å². The van der Waals surface area contributed by atoms with Crippen molar-refractivity contribution in [2.75, 3.05) is 0 Å². The molecule has 0 aliphatic carbocycles. The Labute approximate surface area is 34.5 Å². The highest BCUT2D eigenvalue weighted by atomic mass is 14.3. The molecule has 0 aromatic carbocycles. The molecule has 4 heteroatoms. The summed E-state index contributed by atoms with van der Waals surface area (Å²) in [5, 5.41) is 6.53. The molecule has 24 valence electrons. The molecule has 0 amide bonds. The predicted molar refractivity (Wildman–Crippen MR) is 31.6 cm³/mol. The molecular weight excluding hydrogens is 58.5 g/mol. The lowest BCUT2D eigenvalue weighted by molar-refractivity contribution is 1.60. The van der Waals surface area contributed by atoms with E-state index in [1.165, 1.54) is 6.11 Å². The number of hydrogen-bond donors (Lipinski definition) is 1. The largest absolute Gasteiger partial charge is 0.324 e. The minimum absolute atomic E-state index is 0.426. The first-order valence-electron chi connectivity index (χ1n) is 1.78. The van der Waals surface area contributed by atoms with Crippen LogP contribution in [0.5, 0.6) is 0 Å². The predicted octanol–water partition coefficient (Wildman–Crippen LogP) is -2.07. The van der Waals surface area contributed by atoms with Gasteiger partial charge >= 0.3 is 0 Å². The zero-order valence-corrected chi connectivity index (χ0v) is 3.65. The van der Waals surface area contributed by atoms with Gasteiger partial charge in [0.1, 0.15) is 6.49 Å². The van der Waals surface area contributed by atoms with Crippen molar-refractivity contribution in [3.8, 4) is 0 Å². The summed E-state index contributed by atoms with van der Waals surface area (Å²) in [6.45, 7) is 0.426. The highest BCUT2D eigenvalue weighted by Gasteiger charge is 1.84. The van der Waals surface area contributed by atoms with Crippen molar-refractivity contribution in [2.24, 2.45) is 0 Å². The monoisotopic (exact) mass is 65.1 g/mol. The van der Waals surface area contributed by atoms with E-state index in [1.54, 1.807) is 0 Å². The van der Waals surface area contributed by atoms with Crippen molar-refractivity contribution in [2.45, 2.75) is 0 Å². The first-order valence-corrected chi connectivity index (χ1v) is 1.78. The van der Waals surface area contributed by atoms with Gasteiger partial charge in [-0.15, -0.1) is 0 Å². The summed E-state index contributed by atoms with van der Waals surface area (Å²) < 4.78 is 0. The second kappa shape index (κ2) is 2.12. The molecule has 0 rings (SSSR count). The molecule has 0 spiro atoms. The lowest BCUT2D eigenvalue weighted by atomic mass is 9.20. The summed E-state index contributed by atoms with van der Waals surface area (Å²) in [5.41, 5.74) is 0. The van der Waals surface area contributed by atoms with Crippen molar-refractivity contribution in [3.05, 3.63) is 0 Å². The third-order valence-corrected chi connectivity index (χ3v) is 0.333. The third kappa shape index (κ3) is 3.86. The molecular formula is CH6B3N. The van der Waals surface area contributed by atoms with E-state index < -0.39 is 0 Å². The molecule has 0 fully saturated rings. The van der Waals surface area contributed by atoms with Crippen molar-refractivity contribution in [1.29, 1.82) is 5.41 Å². The molecule has 0 heterocycles. The SMILES string of the molecule is BB(B)C=N. The summed E-state index contributed by atoms with van der Waals surface area (Å²) in [6, 6.07) is 0. The van der Waals surface area contributed by atoms with E-state index in [0.29, 0.717) is 6.49 Å². The number of hydrogen-bond acceptors (Lipinski definition) is 1. The second-order valence-corrected chi connectivity index (χ2v) is 1.41. The molecule has 0 aliphatic rings. The van der Waals surface area contributed by atoms with Crippen molar-refractivity contribution < 1.29 is 0 Å². The minimum Gasteiger partial charge on any atom is -0.324 e. The summed E-state index contributed by atoms with van der Waals surface area (Å²) in [6.07, 6.45) is 1.42. The molecule has 0 atom stereocenters. The van der Waals surface area contributed by atoms with Crippen molar-refractivity contribution in [1.82, 2.24) is 0 Å². The maximum absolute atomic E-state index is 6.53. The van der Waals surface area contributed by atoms with Gasteiger partial charge in [-0.25, -0.2) is 0 Å². The van der Waals surface area contributed by atoms with E-state index in [2.05, 4.69) is 0 Å². The van der Waals surface area contributed by atoms with Crippen LogP contribution in [0.3, 0.4) is 0 Å². The van der Waals surface area contributed by atoms with Gasteiger partial charge in [0, 0.05) is 0 Å². The van der Waals surface area contributed by atoms with E-state index in [-0.39, 0.29) is 0 Å². The lowest BCUT2D eigenvalue weighted by Gasteiger charge is -1.74. The average Bonchev–Trinajstić information content (AvgIpc) is 1.38. The van der Waals surface area contributed by atoms with Crippen LogP contribution in [0.2, 0.25) is 0 Å². The van der Waals surface area contributed by atoms with E-state index in [0.717, 1.165) is 0 Å². The molecule has 0 aromatic rings. The molecule has 0 saturated carbocycles. The van der Waals surface area contributed by atoms with Crippen LogP contribution in [-0.4, -0.2) is 28.1 Å². The van der Waals surface area contributed by atoms with Crippen molar-refractivity contribution in [3.63, 3.8) is 0 Å². The molecule has 0 aromatic heterocycles. The summed E-state index contributed by atoms with van der Waals surface area (Å²) in [5.74, 6) is 0. The maximum atomic E-state index is 6.53. The van der Waals surface area contributed by atoms with Gasteiger partial charge in [-0.2, -0.15) is 0 Å². The Morgan fingerprint density at radius 3 is 1.80 bits per heavy atom. The number of nitrogens with one attached hydrogen (secondary N) is 1. The Morgan fingerprint density at radius 1 is 1.60 bits per heavy atom. The van der Waals surface area contributed by atoms with Crippen LogP contribution in [0.4, 0.5) is 0 Å². The van der Waals surface area contributed by atoms with Gasteiger partial charge in [0.15, 0.2) is 0 Å². The Bertz CT molecular complexity index is 33.9. The van der Waals surface area contributed by atoms with E-state index in [9.17, 15) is 0 Å². The minimum atomic E-state index is 0.426.